The Balaban J connectivity index is 3.11. The smallest absolute Gasteiger partial charge is 0.333 e. The lowest BCUT2D eigenvalue weighted by Gasteiger charge is -2.09. The van der Waals surface area contributed by atoms with Gasteiger partial charge in [-0.1, -0.05) is 26.3 Å². The Morgan fingerprint density at radius 3 is 1.07 bits per heavy atom. The zero-order chi connectivity index (χ0) is 29.4. The SMILES string of the molecule is C=C(C)C(=O)OCCOCCOCCOCCOCCOCCOCCOCCOCCOC(=O)CCCCC. The summed E-state index contributed by atoms with van der Waals surface area (Å²) in [4.78, 5) is 22.6. The molecule has 0 atom stereocenters. The molecule has 0 saturated heterocycles. The van der Waals surface area contributed by atoms with Crippen molar-refractivity contribution in [2.75, 3.05) is 119 Å². The van der Waals surface area contributed by atoms with Gasteiger partial charge < -0.3 is 47.4 Å². The molecule has 0 fully saturated rings. The number of carbonyl (C=O) groups is 2. The predicted octanol–water partition coefficient (Wildman–Crippen LogP) is 2.36. The first-order valence-electron chi connectivity index (χ1n) is 14.2. The summed E-state index contributed by atoms with van der Waals surface area (Å²) in [6.45, 7) is 15.0. The topological polar surface area (TPSA) is 126 Å². The van der Waals surface area contributed by atoms with Crippen LogP contribution < -0.4 is 0 Å². The summed E-state index contributed by atoms with van der Waals surface area (Å²) in [5.41, 5.74) is 0.369. The van der Waals surface area contributed by atoms with E-state index in [4.69, 9.17) is 47.4 Å². The van der Waals surface area contributed by atoms with Gasteiger partial charge in [-0.05, 0) is 13.3 Å². The third-order valence-corrected chi connectivity index (χ3v) is 4.89. The lowest BCUT2D eigenvalue weighted by atomic mass is 10.2. The Bertz CT molecular complexity index is 588. The quantitative estimate of drug-likeness (QED) is 0.0659. The van der Waals surface area contributed by atoms with Gasteiger partial charge in [0.2, 0.25) is 0 Å². The normalized spacial score (nSPS) is 11.1. The average Bonchev–Trinajstić information content (AvgIpc) is 2.94. The Morgan fingerprint density at radius 1 is 0.475 bits per heavy atom. The Morgan fingerprint density at radius 2 is 0.775 bits per heavy atom. The van der Waals surface area contributed by atoms with Gasteiger partial charge in [0.25, 0.3) is 0 Å². The Labute approximate surface area is 239 Å². The first-order chi connectivity index (χ1) is 19.6. The predicted molar refractivity (Wildman–Crippen MR) is 147 cm³/mol. The molecule has 0 aromatic heterocycles. The van der Waals surface area contributed by atoms with E-state index in [1.54, 1.807) is 6.92 Å². The van der Waals surface area contributed by atoms with E-state index >= 15 is 0 Å². The third kappa shape index (κ3) is 30.9. The molecule has 0 aromatic carbocycles. The lowest BCUT2D eigenvalue weighted by Crippen LogP contribution is -2.15. The van der Waals surface area contributed by atoms with E-state index in [-0.39, 0.29) is 19.2 Å². The molecular formula is C28H52O12. The molecule has 0 heterocycles. The summed E-state index contributed by atoms with van der Waals surface area (Å²) in [5.74, 6) is -0.577. The number of rotatable bonds is 32. The highest BCUT2D eigenvalue weighted by Crippen LogP contribution is 2.00. The van der Waals surface area contributed by atoms with Crippen molar-refractivity contribution in [1.82, 2.24) is 0 Å². The highest BCUT2D eigenvalue weighted by Gasteiger charge is 2.03. The first-order valence-corrected chi connectivity index (χ1v) is 14.2. The Kier molecular flexibility index (Phi) is 30.6. The fourth-order valence-electron chi connectivity index (χ4n) is 2.76. The van der Waals surface area contributed by atoms with Crippen LogP contribution in [0, 0.1) is 0 Å². The molecule has 236 valence electrons. The van der Waals surface area contributed by atoms with Crippen LogP contribution in [0.1, 0.15) is 39.5 Å². The molecule has 40 heavy (non-hydrogen) atoms. The molecule has 0 aliphatic heterocycles. The summed E-state index contributed by atoms with van der Waals surface area (Å²) in [6, 6.07) is 0. The first kappa shape index (κ1) is 38.4. The minimum Gasteiger partial charge on any atom is -0.463 e. The van der Waals surface area contributed by atoms with Crippen molar-refractivity contribution in [1.29, 1.82) is 0 Å². The van der Waals surface area contributed by atoms with Crippen LogP contribution in [0.4, 0.5) is 0 Å². The van der Waals surface area contributed by atoms with E-state index in [2.05, 4.69) is 13.5 Å². The van der Waals surface area contributed by atoms with E-state index in [0.29, 0.717) is 118 Å². The van der Waals surface area contributed by atoms with Gasteiger partial charge in [-0.15, -0.1) is 0 Å². The average molecular weight is 581 g/mol. The van der Waals surface area contributed by atoms with Crippen LogP contribution in [0.2, 0.25) is 0 Å². The van der Waals surface area contributed by atoms with Crippen molar-refractivity contribution in [2.45, 2.75) is 39.5 Å². The molecule has 0 rings (SSSR count). The van der Waals surface area contributed by atoms with Crippen LogP contribution in [-0.2, 0) is 57.0 Å². The molecule has 0 saturated carbocycles. The summed E-state index contributed by atoms with van der Waals surface area (Å²) < 4.78 is 53.2. The second kappa shape index (κ2) is 31.9. The monoisotopic (exact) mass is 580 g/mol. The maximum absolute atomic E-state index is 11.4. The fourth-order valence-corrected chi connectivity index (χ4v) is 2.76. The van der Waals surface area contributed by atoms with Crippen LogP contribution in [0.25, 0.3) is 0 Å². The third-order valence-electron chi connectivity index (χ3n) is 4.89. The van der Waals surface area contributed by atoms with Crippen molar-refractivity contribution < 1.29 is 57.0 Å². The number of hydrogen-bond donors (Lipinski definition) is 0. The maximum atomic E-state index is 11.4. The lowest BCUT2D eigenvalue weighted by molar-refractivity contribution is -0.145. The highest BCUT2D eigenvalue weighted by molar-refractivity contribution is 5.86. The zero-order valence-electron chi connectivity index (χ0n) is 24.7. The number of hydrogen-bond acceptors (Lipinski definition) is 12. The summed E-state index contributed by atoms with van der Waals surface area (Å²) in [6.07, 6.45) is 3.48. The van der Waals surface area contributed by atoms with Crippen molar-refractivity contribution in [3.8, 4) is 0 Å². The largest absolute Gasteiger partial charge is 0.463 e. The second-order valence-electron chi connectivity index (χ2n) is 8.49. The molecule has 0 aliphatic rings. The maximum Gasteiger partial charge on any atom is 0.333 e. The molecule has 0 bridgehead atoms. The minimum atomic E-state index is -0.414. The van der Waals surface area contributed by atoms with E-state index in [1.165, 1.54) is 0 Å². The van der Waals surface area contributed by atoms with Gasteiger partial charge in [0.15, 0.2) is 0 Å². The molecule has 12 heteroatoms. The van der Waals surface area contributed by atoms with Gasteiger partial charge in [-0.2, -0.15) is 0 Å². The van der Waals surface area contributed by atoms with Crippen molar-refractivity contribution in [3.05, 3.63) is 12.2 Å². The standard InChI is InChI=1S/C28H52O12/c1-4-5-6-7-27(29)39-24-22-37-20-18-35-16-14-33-12-10-31-8-9-32-11-13-34-15-17-36-19-21-38-23-25-40-28(30)26(2)3/h2,4-25H2,1,3H3. The van der Waals surface area contributed by atoms with E-state index < -0.39 is 5.97 Å². The van der Waals surface area contributed by atoms with Crippen LogP contribution >= 0.6 is 0 Å². The van der Waals surface area contributed by atoms with Crippen LogP contribution in [0.3, 0.4) is 0 Å². The van der Waals surface area contributed by atoms with Crippen LogP contribution in [0.15, 0.2) is 12.2 Å². The minimum absolute atomic E-state index is 0.163. The van der Waals surface area contributed by atoms with E-state index in [1.807, 2.05) is 0 Å². The molecule has 0 unspecified atom stereocenters. The molecule has 0 aliphatic carbocycles. The molecular weight excluding hydrogens is 528 g/mol. The van der Waals surface area contributed by atoms with Gasteiger partial charge in [-0.3, -0.25) is 4.79 Å². The number of esters is 2. The summed E-state index contributed by atoms with van der Waals surface area (Å²) in [5, 5.41) is 0. The summed E-state index contributed by atoms with van der Waals surface area (Å²) >= 11 is 0. The van der Waals surface area contributed by atoms with E-state index in [9.17, 15) is 9.59 Å². The number of unbranched alkanes of at least 4 members (excludes halogenated alkanes) is 2. The Hall–Kier alpha value is -1.64. The molecule has 0 spiro atoms. The van der Waals surface area contributed by atoms with Crippen LogP contribution in [-0.4, -0.2) is 131 Å². The van der Waals surface area contributed by atoms with Crippen molar-refractivity contribution in [3.63, 3.8) is 0 Å². The molecule has 12 nitrogen and oxygen atoms in total. The van der Waals surface area contributed by atoms with Gasteiger partial charge in [-0.25, -0.2) is 4.79 Å². The number of carbonyl (C=O) groups excluding carboxylic acids is 2. The zero-order valence-corrected chi connectivity index (χ0v) is 24.7. The fraction of sp³-hybridized carbons (Fsp3) is 0.857. The molecule has 0 aromatic rings. The van der Waals surface area contributed by atoms with Crippen LogP contribution in [0.5, 0.6) is 0 Å². The van der Waals surface area contributed by atoms with Crippen molar-refractivity contribution in [2.24, 2.45) is 0 Å². The highest BCUT2D eigenvalue weighted by atomic mass is 16.6. The molecule has 0 amide bonds. The van der Waals surface area contributed by atoms with Crippen molar-refractivity contribution >= 4 is 11.9 Å². The van der Waals surface area contributed by atoms with Gasteiger partial charge in [0.1, 0.15) is 13.2 Å². The van der Waals surface area contributed by atoms with Gasteiger partial charge >= 0.3 is 11.9 Å². The summed E-state index contributed by atoms with van der Waals surface area (Å²) in [7, 11) is 0. The molecule has 0 N–H and O–H groups in total. The van der Waals surface area contributed by atoms with Gasteiger partial charge in [0, 0.05) is 12.0 Å². The van der Waals surface area contributed by atoms with E-state index in [0.717, 1.165) is 19.3 Å². The number of ether oxygens (including phenoxy) is 10. The second-order valence-corrected chi connectivity index (χ2v) is 8.49. The van der Waals surface area contributed by atoms with Gasteiger partial charge in [0.05, 0.1) is 106 Å². The molecule has 0 radical (unpaired) electrons.